The molecule has 0 saturated heterocycles. The Labute approximate surface area is 110 Å². The summed E-state index contributed by atoms with van der Waals surface area (Å²) in [7, 11) is 0. The maximum atomic E-state index is 6.72. The average Bonchev–Trinajstić information content (AvgIpc) is 2.39. The topological polar surface area (TPSA) is 0 Å². The molecular formula is C16H23Cl. The van der Waals surface area contributed by atoms with Gasteiger partial charge in [0, 0.05) is 0 Å². The Balaban J connectivity index is 2.14. The summed E-state index contributed by atoms with van der Waals surface area (Å²) in [5.41, 5.74) is 2.99. The summed E-state index contributed by atoms with van der Waals surface area (Å²) in [4.78, 5) is 0. The van der Waals surface area contributed by atoms with Crippen molar-refractivity contribution in [2.75, 3.05) is 0 Å². The van der Waals surface area contributed by atoms with E-state index in [0.29, 0.717) is 5.41 Å². The molecule has 1 aromatic carbocycles. The van der Waals surface area contributed by atoms with Gasteiger partial charge in [-0.2, -0.15) is 0 Å². The number of benzene rings is 1. The van der Waals surface area contributed by atoms with Crippen molar-refractivity contribution in [1.82, 2.24) is 0 Å². The lowest BCUT2D eigenvalue weighted by Gasteiger charge is -2.38. The first-order chi connectivity index (χ1) is 8.15. The molecule has 17 heavy (non-hydrogen) atoms. The van der Waals surface area contributed by atoms with Crippen LogP contribution < -0.4 is 0 Å². The fraction of sp³-hybridized carbons (Fsp3) is 0.625. The molecule has 0 spiro atoms. The summed E-state index contributed by atoms with van der Waals surface area (Å²) >= 11 is 6.72. The Bertz CT molecular complexity index is 346. The molecule has 1 aliphatic carbocycles. The number of aryl methyl sites for hydroxylation is 1. The molecule has 0 radical (unpaired) electrons. The van der Waals surface area contributed by atoms with Crippen LogP contribution in [0.15, 0.2) is 24.3 Å². The van der Waals surface area contributed by atoms with E-state index in [-0.39, 0.29) is 5.38 Å². The highest BCUT2D eigenvalue weighted by Gasteiger charge is 2.34. The van der Waals surface area contributed by atoms with Crippen LogP contribution in [0.2, 0.25) is 0 Å². The molecule has 1 aliphatic rings. The molecular weight excluding hydrogens is 228 g/mol. The molecule has 1 heteroatoms. The van der Waals surface area contributed by atoms with Gasteiger partial charge in [0.1, 0.15) is 0 Å². The predicted molar refractivity (Wildman–Crippen MR) is 75.6 cm³/mol. The summed E-state index contributed by atoms with van der Waals surface area (Å²) in [5.74, 6) is 0. The van der Waals surface area contributed by atoms with Crippen LogP contribution in [0.3, 0.4) is 0 Å². The molecule has 1 fully saturated rings. The van der Waals surface area contributed by atoms with Crippen LogP contribution in [0, 0.1) is 5.41 Å². The van der Waals surface area contributed by atoms with Crippen LogP contribution in [0.1, 0.15) is 62.5 Å². The van der Waals surface area contributed by atoms with Crippen molar-refractivity contribution in [2.24, 2.45) is 5.41 Å². The van der Waals surface area contributed by atoms with Crippen molar-refractivity contribution in [1.29, 1.82) is 0 Å². The van der Waals surface area contributed by atoms with E-state index in [2.05, 4.69) is 38.1 Å². The van der Waals surface area contributed by atoms with Crippen LogP contribution in [-0.2, 0) is 6.42 Å². The van der Waals surface area contributed by atoms with E-state index in [9.17, 15) is 0 Å². The van der Waals surface area contributed by atoms with Gasteiger partial charge < -0.3 is 0 Å². The highest BCUT2D eigenvalue weighted by Crippen LogP contribution is 2.49. The average molecular weight is 251 g/mol. The molecule has 2 rings (SSSR count). The van der Waals surface area contributed by atoms with Crippen molar-refractivity contribution < 1.29 is 0 Å². The van der Waals surface area contributed by atoms with E-state index in [1.54, 1.807) is 0 Å². The van der Waals surface area contributed by atoms with Crippen molar-refractivity contribution in [3.8, 4) is 0 Å². The van der Waals surface area contributed by atoms with Gasteiger partial charge >= 0.3 is 0 Å². The first-order valence-electron chi connectivity index (χ1n) is 6.88. The summed E-state index contributed by atoms with van der Waals surface area (Å²) in [6.07, 6.45) is 7.71. The number of rotatable bonds is 3. The van der Waals surface area contributed by atoms with Crippen LogP contribution in [0.5, 0.6) is 0 Å². The quantitative estimate of drug-likeness (QED) is 0.622. The van der Waals surface area contributed by atoms with Crippen molar-refractivity contribution in [3.05, 3.63) is 35.4 Å². The van der Waals surface area contributed by atoms with E-state index in [4.69, 9.17) is 11.6 Å². The monoisotopic (exact) mass is 250 g/mol. The lowest BCUT2D eigenvalue weighted by molar-refractivity contribution is 0.206. The molecule has 0 aliphatic heterocycles. The van der Waals surface area contributed by atoms with Crippen molar-refractivity contribution in [2.45, 2.75) is 57.7 Å². The van der Waals surface area contributed by atoms with E-state index >= 15 is 0 Å². The lowest BCUT2D eigenvalue weighted by atomic mass is 9.71. The first kappa shape index (κ1) is 13.0. The molecule has 0 nitrogen and oxygen atoms in total. The van der Waals surface area contributed by atoms with Gasteiger partial charge in [-0.3, -0.25) is 0 Å². The zero-order valence-corrected chi connectivity index (χ0v) is 11.8. The molecule has 1 aromatic rings. The number of hydrogen-bond acceptors (Lipinski definition) is 0. The first-order valence-corrected chi connectivity index (χ1v) is 7.32. The van der Waals surface area contributed by atoms with E-state index < -0.39 is 0 Å². The van der Waals surface area contributed by atoms with Crippen molar-refractivity contribution in [3.63, 3.8) is 0 Å². The van der Waals surface area contributed by atoms with E-state index in [1.807, 2.05) is 0 Å². The predicted octanol–water partition coefficient (Wildman–Crippen LogP) is 5.50. The molecule has 0 amide bonds. The molecule has 0 N–H and O–H groups in total. The highest BCUT2D eigenvalue weighted by molar-refractivity contribution is 6.21. The summed E-state index contributed by atoms with van der Waals surface area (Å²) in [6, 6.07) is 8.88. The molecule has 0 aromatic heterocycles. The van der Waals surface area contributed by atoms with Gasteiger partial charge in [-0.05, 0) is 35.8 Å². The summed E-state index contributed by atoms with van der Waals surface area (Å²) in [6.45, 7) is 4.55. The van der Waals surface area contributed by atoms with Crippen LogP contribution in [-0.4, -0.2) is 0 Å². The third-order valence-electron chi connectivity index (χ3n) is 4.29. The Kier molecular flexibility index (Phi) is 4.14. The largest absolute Gasteiger partial charge is 0.117 e. The fourth-order valence-corrected chi connectivity index (χ4v) is 3.30. The third-order valence-corrected chi connectivity index (χ3v) is 5.07. The number of alkyl halides is 1. The Morgan fingerprint density at radius 2 is 1.71 bits per heavy atom. The Morgan fingerprint density at radius 1 is 1.12 bits per heavy atom. The third kappa shape index (κ3) is 2.85. The van der Waals surface area contributed by atoms with E-state index in [0.717, 1.165) is 6.42 Å². The lowest BCUT2D eigenvalue weighted by Crippen LogP contribution is -2.25. The van der Waals surface area contributed by atoms with E-state index in [1.165, 1.54) is 43.2 Å². The van der Waals surface area contributed by atoms with Crippen LogP contribution >= 0.6 is 11.6 Å². The molecule has 94 valence electrons. The maximum Gasteiger partial charge on any atom is 0.0638 e. The number of halogens is 1. The second kappa shape index (κ2) is 5.44. The minimum Gasteiger partial charge on any atom is -0.117 e. The highest BCUT2D eigenvalue weighted by atomic mass is 35.5. The zero-order chi connectivity index (χ0) is 12.3. The molecule has 1 atom stereocenters. The normalized spacial score (nSPS) is 21.1. The smallest absolute Gasteiger partial charge is 0.0638 e. The maximum absolute atomic E-state index is 6.72. The summed E-state index contributed by atoms with van der Waals surface area (Å²) < 4.78 is 0. The van der Waals surface area contributed by atoms with Crippen LogP contribution in [0.4, 0.5) is 0 Å². The minimum absolute atomic E-state index is 0.175. The van der Waals surface area contributed by atoms with Gasteiger partial charge in [-0.25, -0.2) is 0 Å². The van der Waals surface area contributed by atoms with Gasteiger partial charge in [-0.15, -0.1) is 11.6 Å². The SMILES string of the molecule is CCc1ccc(C(Cl)C2(C)CCCCC2)cc1. The zero-order valence-electron chi connectivity index (χ0n) is 11.0. The van der Waals surface area contributed by atoms with Gasteiger partial charge in [0.05, 0.1) is 5.38 Å². The minimum atomic E-state index is 0.175. The summed E-state index contributed by atoms with van der Waals surface area (Å²) in [5, 5.41) is 0.175. The van der Waals surface area contributed by atoms with Gasteiger partial charge in [0.15, 0.2) is 0 Å². The molecule has 0 bridgehead atoms. The van der Waals surface area contributed by atoms with Crippen molar-refractivity contribution >= 4 is 11.6 Å². The Morgan fingerprint density at radius 3 is 2.24 bits per heavy atom. The van der Waals surface area contributed by atoms with Crippen LogP contribution in [0.25, 0.3) is 0 Å². The van der Waals surface area contributed by atoms with Gasteiger partial charge in [0.2, 0.25) is 0 Å². The Hall–Kier alpha value is -0.490. The fourth-order valence-electron chi connectivity index (χ4n) is 2.94. The standard InChI is InChI=1S/C16H23Cl/c1-3-13-7-9-14(10-8-13)15(17)16(2)11-5-4-6-12-16/h7-10,15H,3-6,11-12H2,1-2H3. The number of hydrogen-bond donors (Lipinski definition) is 0. The molecule has 1 saturated carbocycles. The second-order valence-corrected chi connectivity index (χ2v) is 6.11. The molecule has 0 heterocycles. The molecule has 1 unspecified atom stereocenters. The van der Waals surface area contributed by atoms with Gasteiger partial charge in [0.25, 0.3) is 0 Å². The second-order valence-electron chi connectivity index (χ2n) is 5.67. The van der Waals surface area contributed by atoms with Gasteiger partial charge in [-0.1, -0.05) is 57.4 Å².